The van der Waals surface area contributed by atoms with Gasteiger partial charge in [-0.25, -0.2) is 5.01 Å². The van der Waals surface area contributed by atoms with Crippen molar-refractivity contribution in [1.82, 2.24) is 9.91 Å². The fraction of sp³-hybridized carbons (Fsp3) is 1.00. The van der Waals surface area contributed by atoms with Gasteiger partial charge in [-0.15, -0.1) is 0 Å². The smallest absolute Gasteiger partial charge is 0.0589 e. The van der Waals surface area contributed by atoms with Crippen LogP contribution in [-0.4, -0.2) is 56.3 Å². The highest BCUT2D eigenvalue weighted by Crippen LogP contribution is 1.95. The second-order valence-electron chi connectivity index (χ2n) is 2.87. The van der Waals surface area contributed by atoms with Crippen LogP contribution in [0.15, 0.2) is 0 Å². The van der Waals surface area contributed by atoms with Crippen molar-refractivity contribution in [2.45, 2.75) is 13.8 Å². The average molecular weight is 189 g/mol. The first kappa shape index (κ1) is 12.8. The lowest BCUT2D eigenvalue weighted by Crippen LogP contribution is -2.49. The second kappa shape index (κ2) is 8.44. The number of hydrogen-bond acceptors (Lipinski definition) is 4. The molecule has 1 aliphatic heterocycles. The largest absolute Gasteiger partial charge is 0.383 e. The van der Waals surface area contributed by atoms with E-state index in [0.29, 0.717) is 0 Å². The van der Waals surface area contributed by atoms with E-state index in [1.165, 1.54) is 0 Å². The van der Waals surface area contributed by atoms with E-state index in [4.69, 9.17) is 10.6 Å². The van der Waals surface area contributed by atoms with Crippen LogP contribution in [0.3, 0.4) is 0 Å². The number of hydrogen-bond donors (Lipinski definition) is 1. The van der Waals surface area contributed by atoms with Crippen LogP contribution in [0.25, 0.3) is 0 Å². The Balaban J connectivity index is 0.000000671. The van der Waals surface area contributed by atoms with Crippen molar-refractivity contribution in [2.24, 2.45) is 5.84 Å². The number of piperazine rings is 1. The van der Waals surface area contributed by atoms with E-state index in [-0.39, 0.29) is 0 Å². The van der Waals surface area contributed by atoms with Gasteiger partial charge in [0.15, 0.2) is 0 Å². The first-order chi connectivity index (χ1) is 6.33. The third kappa shape index (κ3) is 5.99. The van der Waals surface area contributed by atoms with Gasteiger partial charge in [0.1, 0.15) is 0 Å². The molecule has 0 saturated carbocycles. The zero-order valence-corrected chi connectivity index (χ0v) is 9.12. The monoisotopic (exact) mass is 189 g/mol. The van der Waals surface area contributed by atoms with Gasteiger partial charge in [-0.05, 0) is 0 Å². The molecule has 1 saturated heterocycles. The van der Waals surface area contributed by atoms with Gasteiger partial charge in [0.05, 0.1) is 6.61 Å². The summed E-state index contributed by atoms with van der Waals surface area (Å²) in [6.45, 7) is 9.95. The molecule has 0 aromatic rings. The van der Waals surface area contributed by atoms with Crippen molar-refractivity contribution >= 4 is 0 Å². The van der Waals surface area contributed by atoms with Crippen molar-refractivity contribution in [1.29, 1.82) is 0 Å². The van der Waals surface area contributed by atoms with Gasteiger partial charge in [0.25, 0.3) is 0 Å². The minimum Gasteiger partial charge on any atom is -0.383 e. The number of nitrogens with zero attached hydrogens (tertiary/aromatic N) is 2. The lowest BCUT2D eigenvalue weighted by atomic mass is 10.3. The quantitative estimate of drug-likeness (QED) is 0.642. The number of hydrazine groups is 1. The summed E-state index contributed by atoms with van der Waals surface area (Å²) in [5.41, 5.74) is 0. The molecular weight excluding hydrogens is 166 g/mol. The molecule has 0 unspecified atom stereocenters. The molecule has 1 rings (SSSR count). The highest BCUT2D eigenvalue weighted by Gasteiger charge is 2.12. The first-order valence-corrected chi connectivity index (χ1v) is 5.04. The third-order valence-electron chi connectivity index (χ3n) is 2.02. The lowest BCUT2D eigenvalue weighted by molar-refractivity contribution is 0.0974. The Kier molecular flexibility index (Phi) is 8.33. The third-order valence-corrected chi connectivity index (χ3v) is 2.02. The summed E-state index contributed by atoms with van der Waals surface area (Å²) in [7, 11) is 1.74. The number of rotatable bonds is 3. The molecule has 1 heterocycles. The fourth-order valence-electron chi connectivity index (χ4n) is 1.21. The number of methoxy groups -OCH3 is 1. The molecule has 80 valence electrons. The molecule has 2 N–H and O–H groups in total. The van der Waals surface area contributed by atoms with E-state index in [9.17, 15) is 0 Å². The van der Waals surface area contributed by atoms with E-state index in [1.807, 2.05) is 18.9 Å². The van der Waals surface area contributed by atoms with E-state index in [0.717, 1.165) is 39.3 Å². The minimum atomic E-state index is 0.824. The molecule has 0 spiro atoms. The molecule has 13 heavy (non-hydrogen) atoms. The summed E-state index contributed by atoms with van der Waals surface area (Å²) in [6, 6.07) is 0. The molecular formula is C9H23N3O. The molecule has 4 nitrogen and oxygen atoms in total. The summed E-state index contributed by atoms with van der Waals surface area (Å²) in [4.78, 5) is 2.37. The van der Waals surface area contributed by atoms with Crippen LogP contribution in [0.1, 0.15) is 13.8 Å². The molecule has 0 atom stereocenters. The zero-order valence-electron chi connectivity index (χ0n) is 9.12. The van der Waals surface area contributed by atoms with Crippen LogP contribution in [0, 0.1) is 0 Å². The van der Waals surface area contributed by atoms with Crippen molar-refractivity contribution in [2.75, 3.05) is 46.4 Å². The fourth-order valence-corrected chi connectivity index (χ4v) is 1.21. The van der Waals surface area contributed by atoms with Gasteiger partial charge < -0.3 is 4.74 Å². The highest BCUT2D eigenvalue weighted by molar-refractivity contribution is 4.67. The lowest BCUT2D eigenvalue weighted by Gasteiger charge is -2.31. The minimum absolute atomic E-state index is 0.824. The van der Waals surface area contributed by atoms with Gasteiger partial charge in [0, 0.05) is 39.8 Å². The predicted octanol–water partition coefficient (Wildman–Crippen LogP) is 0.150. The molecule has 0 bridgehead atoms. The highest BCUT2D eigenvalue weighted by atomic mass is 16.5. The SMILES string of the molecule is CC.COCCN1CCN(N)CC1. The first-order valence-electron chi connectivity index (χ1n) is 5.04. The maximum absolute atomic E-state index is 5.60. The van der Waals surface area contributed by atoms with E-state index < -0.39 is 0 Å². The summed E-state index contributed by atoms with van der Waals surface area (Å²) in [6.07, 6.45) is 0. The molecule has 0 amide bonds. The number of nitrogens with two attached hydrogens (primary N) is 1. The van der Waals surface area contributed by atoms with E-state index in [1.54, 1.807) is 7.11 Å². The van der Waals surface area contributed by atoms with Crippen LogP contribution in [0.2, 0.25) is 0 Å². The van der Waals surface area contributed by atoms with E-state index in [2.05, 4.69) is 4.90 Å². The second-order valence-corrected chi connectivity index (χ2v) is 2.87. The van der Waals surface area contributed by atoms with E-state index >= 15 is 0 Å². The Bertz CT molecular complexity index is 100. The van der Waals surface area contributed by atoms with Crippen LogP contribution in [0.5, 0.6) is 0 Å². The Morgan fingerprint density at radius 2 is 1.69 bits per heavy atom. The van der Waals surface area contributed by atoms with Crippen molar-refractivity contribution in [3.8, 4) is 0 Å². The molecule has 1 aliphatic rings. The molecule has 0 aromatic carbocycles. The predicted molar refractivity (Wildman–Crippen MR) is 55.4 cm³/mol. The van der Waals surface area contributed by atoms with Gasteiger partial charge in [-0.2, -0.15) is 0 Å². The Labute approximate surface area is 81.6 Å². The van der Waals surface area contributed by atoms with Crippen LogP contribution in [0.4, 0.5) is 0 Å². The molecule has 4 heteroatoms. The molecule has 0 aromatic heterocycles. The van der Waals surface area contributed by atoms with Crippen molar-refractivity contribution in [3.63, 3.8) is 0 Å². The Morgan fingerprint density at radius 3 is 2.15 bits per heavy atom. The van der Waals surface area contributed by atoms with Crippen LogP contribution < -0.4 is 5.84 Å². The maximum atomic E-state index is 5.60. The van der Waals surface area contributed by atoms with Gasteiger partial charge in [-0.1, -0.05) is 13.8 Å². The van der Waals surface area contributed by atoms with Crippen molar-refractivity contribution in [3.05, 3.63) is 0 Å². The zero-order chi connectivity index (χ0) is 10.1. The summed E-state index contributed by atoms with van der Waals surface area (Å²) >= 11 is 0. The topological polar surface area (TPSA) is 41.7 Å². The number of ether oxygens (including phenoxy) is 1. The van der Waals surface area contributed by atoms with Crippen LogP contribution in [-0.2, 0) is 4.74 Å². The summed E-state index contributed by atoms with van der Waals surface area (Å²) in [5, 5.41) is 1.86. The van der Waals surface area contributed by atoms with Gasteiger partial charge >= 0.3 is 0 Å². The molecule has 1 fully saturated rings. The summed E-state index contributed by atoms with van der Waals surface area (Å²) < 4.78 is 4.98. The van der Waals surface area contributed by atoms with Gasteiger partial charge in [0.2, 0.25) is 0 Å². The average Bonchev–Trinajstić information content (AvgIpc) is 2.20. The Morgan fingerprint density at radius 1 is 1.15 bits per heavy atom. The standard InChI is InChI=1S/C7H17N3O.C2H6/c1-11-7-6-9-2-4-10(8)5-3-9;1-2/h2-8H2,1H3;1-2H3. The van der Waals surface area contributed by atoms with Crippen LogP contribution >= 0.6 is 0 Å². The molecule has 0 aliphatic carbocycles. The summed E-state index contributed by atoms with van der Waals surface area (Å²) in [5.74, 6) is 5.60. The van der Waals surface area contributed by atoms with Gasteiger partial charge in [-0.3, -0.25) is 10.7 Å². The maximum Gasteiger partial charge on any atom is 0.0589 e. The molecule has 0 radical (unpaired) electrons. The Hall–Kier alpha value is -0.160. The normalized spacial score (nSPS) is 19.4. The van der Waals surface area contributed by atoms with Crippen molar-refractivity contribution < 1.29 is 4.74 Å².